The number of cyclic esters (lactones) is 4. The number of carbonyl (C=O) groups excluding carboxylic acids is 6. The van der Waals surface area contributed by atoms with Crippen molar-refractivity contribution in [1.82, 2.24) is 0 Å². The summed E-state index contributed by atoms with van der Waals surface area (Å²) in [5.74, 6) is -4.81. The number of fused-ring (bicyclic) bond motifs is 3. The number of benzene rings is 2. The Morgan fingerprint density at radius 3 is 2.38 bits per heavy atom. The molecule has 0 amide bonds. The fraction of sp³-hybridized carbons (Fsp3) is 0.314. The minimum atomic E-state index is -0.790. The van der Waals surface area contributed by atoms with E-state index in [2.05, 4.69) is 0 Å². The number of aldehydes is 1. The predicted molar refractivity (Wildman–Crippen MR) is 159 cm³/mol. The summed E-state index contributed by atoms with van der Waals surface area (Å²) in [4.78, 5) is 72.5. The molecule has 5 atom stereocenters. The van der Waals surface area contributed by atoms with Crippen LogP contribution in [0, 0.1) is 11.8 Å². The Morgan fingerprint density at radius 1 is 0.844 bits per heavy atom. The van der Waals surface area contributed by atoms with Gasteiger partial charge in [-0.05, 0) is 67.0 Å². The Kier molecular flexibility index (Phi) is 10.1. The summed E-state index contributed by atoms with van der Waals surface area (Å²) in [5.41, 5.74) is 1.87. The second kappa shape index (κ2) is 14.6. The van der Waals surface area contributed by atoms with Crippen molar-refractivity contribution in [2.75, 3.05) is 6.61 Å². The summed E-state index contributed by atoms with van der Waals surface area (Å²) < 4.78 is 21.1. The van der Waals surface area contributed by atoms with Gasteiger partial charge in [-0.3, -0.25) is 28.8 Å². The highest BCUT2D eigenvalue weighted by Gasteiger charge is 2.53. The molecule has 0 spiro atoms. The van der Waals surface area contributed by atoms with Crippen molar-refractivity contribution in [2.45, 2.75) is 50.0 Å². The molecule has 5 rings (SSSR count). The van der Waals surface area contributed by atoms with Crippen LogP contribution in [0.3, 0.4) is 0 Å². The highest BCUT2D eigenvalue weighted by atomic mass is 16.6. The molecule has 2 aliphatic heterocycles. The monoisotopic (exact) mass is 612 g/mol. The Balaban J connectivity index is 1.09. The van der Waals surface area contributed by atoms with Crippen LogP contribution >= 0.6 is 0 Å². The van der Waals surface area contributed by atoms with E-state index >= 15 is 0 Å². The van der Waals surface area contributed by atoms with Crippen LogP contribution in [-0.4, -0.2) is 48.7 Å². The first-order valence-electron chi connectivity index (χ1n) is 14.8. The lowest BCUT2D eigenvalue weighted by Crippen LogP contribution is -2.31. The van der Waals surface area contributed by atoms with Gasteiger partial charge in [-0.1, -0.05) is 54.6 Å². The zero-order valence-electron chi connectivity index (χ0n) is 24.4. The summed E-state index contributed by atoms with van der Waals surface area (Å²) in [6.45, 7) is 0.335. The lowest BCUT2D eigenvalue weighted by molar-refractivity contribution is -0.155. The third-order valence-corrected chi connectivity index (χ3v) is 8.13. The first-order chi connectivity index (χ1) is 21.9. The van der Waals surface area contributed by atoms with Crippen molar-refractivity contribution in [2.24, 2.45) is 11.8 Å². The van der Waals surface area contributed by atoms with E-state index < -0.39 is 53.7 Å². The Morgan fingerprint density at radius 2 is 1.62 bits per heavy atom. The molecule has 0 radical (unpaired) electrons. The summed E-state index contributed by atoms with van der Waals surface area (Å²) >= 11 is 0. The molecular weight excluding hydrogens is 580 g/mol. The Labute approximate surface area is 259 Å². The SMILES string of the molecule is O=CC(CCCCOc1ccc2c(c1)C1C(=O)OC(=O)C1CC2C1CC(=O)OC1=O)OC=CC=CC=CC(=O)c1ccccc1. The van der Waals surface area contributed by atoms with E-state index in [0.717, 1.165) is 6.29 Å². The molecular formula is C35H32O10. The molecule has 2 saturated heterocycles. The van der Waals surface area contributed by atoms with E-state index in [1.165, 1.54) is 12.3 Å². The first kappa shape index (κ1) is 31.3. The molecule has 0 bridgehead atoms. The van der Waals surface area contributed by atoms with E-state index in [0.29, 0.717) is 48.3 Å². The molecule has 2 fully saturated rings. The van der Waals surface area contributed by atoms with Crippen LogP contribution in [0.25, 0.3) is 0 Å². The van der Waals surface area contributed by atoms with Gasteiger partial charge in [0, 0.05) is 5.56 Å². The molecule has 2 heterocycles. The highest BCUT2D eigenvalue weighted by Crippen LogP contribution is 2.51. The first-order valence-corrected chi connectivity index (χ1v) is 14.8. The van der Waals surface area contributed by atoms with E-state index in [1.54, 1.807) is 66.8 Å². The minimum absolute atomic E-state index is 0.0751. The van der Waals surface area contributed by atoms with Gasteiger partial charge in [0.2, 0.25) is 0 Å². The zero-order chi connectivity index (χ0) is 31.8. The molecule has 2 aromatic carbocycles. The maximum atomic E-state index is 12.5. The number of unbranched alkanes of at least 4 members (excludes halogenated alkanes) is 1. The van der Waals surface area contributed by atoms with Crippen molar-refractivity contribution < 1.29 is 47.7 Å². The third kappa shape index (κ3) is 7.52. The Bertz CT molecular complexity index is 1550. The average molecular weight is 613 g/mol. The summed E-state index contributed by atoms with van der Waals surface area (Å²) in [6.07, 6.45) is 11.5. The van der Waals surface area contributed by atoms with Crippen LogP contribution in [0.1, 0.15) is 65.4 Å². The molecule has 10 heteroatoms. The van der Waals surface area contributed by atoms with Gasteiger partial charge >= 0.3 is 23.9 Å². The largest absolute Gasteiger partial charge is 0.494 e. The molecule has 2 aromatic rings. The third-order valence-electron chi connectivity index (χ3n) is 8.13. The van der Waals surface area contributed by atoms with E-state index in [-0.39, 0.29) is 18.6 Å². The number of rotatable bonds is 14. The zero-order valence-corrected chi connectivity index (χ0v) is 24.4. The summed E-state index contributed by atoms with van der Waals surface area (Å²) in [7, 11) is 0. The molecule has 0 saturated carbocycles. The average Bonchev–Trinajstić information content (AvgIpc) is 3.54. The van der Waals surface area contributed by atoms with Gasteiger partial charge in [-0.15, -0.1) is 0 Å². The van der Waals surface area contributed by atoms with Crippen LogP contribution in [0.5, 0.6) is 5.75 Å². The fourth-order valence-corrected chi connectivity index (χ4v) is 5.91. The predicted octanol–water partition coefficient (Wildman–Crippen LogP) is 4.69. The number of hydrogen-bond acceptors (Lipinski definition) is 10. The number of carbonyl (C=O) groups is 6. The van der Waals surface area contributed by atoms with Crippen LogP contribution in [0.4, 0.5) is 0 Å². The van der Waals surface area contributed by atoms with Crippen molar-refractivity contribution in [3.63, 3.8) is 0 Å². The molecule has 45 heavy (non-hydrogen) atoms. The molecule has 0 N–H and O–H groups in total. The molecule has 3 aliphatic rings. The van der Waals surface area contributed by atoms with Crippen molar-refractivity contribution in [1.29, 1.82) is 0 Å². The van der Waals surface area contributed by atoms with Gasteiger partial charge in [0.25, 0.3) is 0 Å². The van der Waals surface area contributed by atoms with Crippen molar-refractivity contribution in [3.8, 4) is 5.75 Å². The number of esters is 4. The number of allylic oxidation sites excluding steroid dienone is 5. The van der Waals surface area contributed by atoms with Gasteiger partial charge in [-0.2, -0.15) is 0 Å². The van der Waals surface area contributed by atoms with E-state index in [9.17, 15) is 28.8 Å². The lowest BCUT2D eigenvalue weighted by atomic mass is 9.67. The van der Waals surface area contributed by atoms with Crippen LogP contribution < -0.4 is 4.74 Å². The normalized spacial score (nSPS) is 23.2. The topological polar surface area (TPSA) is 139 Å². The quantitative estimate of drug-likeness (QED) is 0.0432. The smallest absolute Gasteiger partial charge is 0.321 e. The van der Waals surface area contributed by atoms with Crippen molar-refractivity contribution in [3.05, 3.63) is 102 Å². The second-order valence-corrected chi connectivity index (χ2v) is 11.0. The van der Waals surface area contributed by atoms with Gasteiger partial charge in [0.05, 0.1) is 37.0 Å². The van der Waals surface area contributed by atoms with Crippen LogP contribution in [0.15, 0.2) is 85.2 Å². The minimum Gasteiger partial charge on any atom is -0.494 e. The number of ketones is 1. The lowest BCUT2D eigenvalue weighted by Gasteiger charge is -2.33. The van der Waals surface area contributed by atoms with Crippen molar-refractivity contribution >= 4 is 35.9 Å². The van der Waals surface area contributed by atoms with E-state index in [1.807, 2.05) is 6.07 Å². The van der Waals surface area contributed by atoms with Gasteiger partial charge < -0.3 is 18.9 Å². The highest BCUT2D eigenvalue weighted by molar-refractivity contribution is 6.04. The van der Waals surface area contributed by atoms with Gasteiger partial charge in [0.1, 0.15) is 5.75 Å². The summed E-state index contributed by atoms with van der Waals surface area (Å²) in [6, 6.07) is 14.1. The maximum absolute atomic E-state index is 12.5. The number of hydrogen-bond donors (Lipinski definition) is 0. The second-order valence-electron chi connectivity index (χ2n) is 11.0. The molecule has 10 nitrogen and oxygen atoms in total. The number of ether oxygens (including phenoxy) is 4. The Hall–Kier alpha value is -5.12. The van der Waals surface area contributed by atoms with Crippen LogP contribution in [-0.2, 0) is 38.2 Å². The standard InChI is InChI=1S/C35H32O10/c36-21-24(43-16-8-2-1-6-13-30(37)22-10-4-3-5-11-22)12-7-9-17-42-23-14-15-25-26(28-20-31(38)44-33(28)39)19-29-32(27(25)18-23)35(41)45-34(29)40/h1-6,8,10-11,13-16,18,21,24,26,28-29,32H,7,9,12,17,19-20H2. The maximum Gasteiger partial charge on any atom is 0.321 e. The van der Waals surface area contributed by atoms with Crippen LogP contribution in [0.2, 0.25) is 0 Å². The molecule has 0 aromatic heterocycles. The van der Waals surface area contributed by atoms with Gasteiger partial charge in [-0.25, -0.2) is 0 Å². The molecule has 232 valence electrons. The molecule has 5 unspecified atom stereocenters. The van der Waals surface area contributed by atoms with E-state index in [4.69, 9.17) is 18.9 Å². The summed E-state index contributed by atoms with van der Waals surface area (Å²) in [5, 5.41) is 0. The van der Waals surface area contributed by atoms with Gasteiger partial charge in [0.15, 0.2) is 18.2 Å². The fourth-order valence-electron chi connectivity index (χ4n) is 5.91. The molecule has 1 aliphatic carbocycles.